The van der Waals surface area contributed by atoms with Crippen molar-refractivity contribution in [3.8, 4) is 0 Å². The fraction of sp³-hybridized carbons (Fsp3) is 0.316. The fourth-order valence-electron chi connectivity index (χ4n) is 2.43. The van der Waals surface area contributed by atoms with Gasteiger partial charge in [0.1, 0.15) is 5.03 Å². The average Bonchev–Trinajstić information content (AvgIpc) is 2.57. The smallest absolute Gasteiger partial charge is 0.341 e. The van der Waals surface area contributed by atoms with Gasteiger partial charge < -0.3 is 4.74 Å². The van der Waals surface area contributed by atoms with Crippen molar-refractivity contribution >= 4 is 23.5 Å². The topological polar surface area (TPSA) is 56.3 Å². The Hall–Kier alpha value is -2.14. The van der Waals surface area contributed by atoms with Gasteiger partial charge in [-0.15, -0.1) is 11.8 Å². The van der Waals surface area contributed by atoms with Gasteiger partial charge in [0.25, 0.3) is 0 Å². The number of aryl methyl sites for hydroxylation is 3. The monoisotopic (exact) mass is 343 g/mol. The van der Waals surface area contributed by atoms with Crippen LogP contribution in [0.2, 0.25) is 0 Å². The number of benzene rings is 1. The largest absolute Gasteiger partial charge is 0.451 e. The van der Waals surface area contributed by atoms with E-state index in [-0.39, 0.29) is 5.78 Å². The molecule has 0 amide bonds. The first-order chi connectivity index (χ1) is 11.3. The highest BCUT2D eigenvalue weighted by molar-refractivity contribution is 7.98. The van der Waals surface area contributed by atoms with Crippen LogP contribution in [-0.2, 0) is 4.74 Å². The van der Waals surface area contributed by atoms with E-state index in [9.17, 15) is 9.59 Å². The molecule has 0 radical (unpaired) electrons. The molecule has 1 atom stereocenters. The van der Waals surface area contributed by atoms with Crippen molar-refractivity contribution in [1.82, 2.24) is 4.98 Å². The lowest BCUT2D eigenvalue weighted by Crippen LogP contribution is -2.25. The first kappa shape index (κ1) is 18.2. The molecule has 0 aliphatic heterocycles. The molecule has 0 saturated heterocycles. The maximum atomic E-state index is 12.7. The Morgan fingerprint density at radius 1 is 1.08 bits per heavy atom. The van der Waals surface area contributed by atoms with Gasteiger partial charge in [-0.25, -0.2) is 9.78 Å². The van der Waals surface area contributed by atoms with E-state index in [0.29, 0.717) is 16.2 Å². The number of hydrogen-bond donors (Lipinski definition) is 0. The third-order valence-electron chi connectivity index (χ3n) is 3.94. The summed E-state index contributed by atoms with van der Waals surface area (Å²) in [6, 6.07) is 7.16. The Balaban J connectivity index is 2.20. The molecule has 1 aromatic heterocycles. The summed E-state index contributed by atoms with van der Waals surface area (Å²) in [6.07, 6.45) is 2.61. The third-order valence-corrected chi connectivity index (χ3v) is 4.66. The number of pyridine rings is 1. The van der Waals surface area contributed by atoms with E-state index >= 15 is 0 Å². The molecule has 1 unspecified atom stereocenters. The Labute approximate surface area is 146 Å². The van der Waals surface area contributed by atoms with E-state index in [1.165, 1.54) is 11.8 Å². The number of esters is 1. The molecule has 2 aromatic rings. The van der Waals surface area contributed by atoms with Gasteiger partial charge >= 0.3 is 5.97 Å². The summed E-state index contributed by atoms with van der Waals surface area (Å²) in [4.78, 5) is 29.1. The van der Waals surface area contributed by atoms with Crippen LogP contribution in [0.5, 0.6) is 0 Å². The number of aromatic nitrogens is 1. The van der Waals surface area contributed by atoms with Crippen LogP contribution in [0.25, 0.3) is 0 Å². The van der Waals surface area contributed by atoms with Crippen molar-refractivity contribution in [2.75, 3.05) is 6.26 Å². The SMILES string of the molecule is CSc1ncccc1C(=O)OC(C)C(=O)c1cc(C)c(C)cc1C. The van der Waals surface area contributed by atoms with Crippen LogP contribution in [0.4, 0.5) is 0 Å². The van der Waals surface area contributed by atoms with E-state index in [1.54, 1.807) is 25.3 Å². The Kier molecular flexibility index (Phi) is 5.78. The number of thioether (sulfide) groups is 1. The molecule has 0 spiro atoms. The first-order valence-electron chi connectivity index (χ1n) is 7.67. The molecule has 24 heavy (non-hydrogen) atoms. The highest BCUT2D eigenvalue weighted by Gasteiger charge is 2.23. The standard InChI is InChI=1S/C19H21NO3S/c1-11-9-13(3)16(10-12(11)2)17(21)14(4)23-19(22)15-7-6-8-20-18(15)24-5/h6-10,14H,1-5H3. The minimum absolute atomic E-state index is 0.196. The van der Waals surface area contributed by atoms with Crippen molar-refractivity contribution < 1.29 is 14.3 Å². The number of ketones is 1. The number of rotatable bonds is 5. The fourth-order valence-corrected chi connectivity index (χ4v) is 2.97. The van der Waals surface area contributed by atoms with Crippen molar-refractivity contribution in [1.29, 1.82) is 0 Å². The lowest BCUT2D eigenvalue weighted by Gasteiger charge is -2.15. The quantitative estimate of drug-likeness (QED) is 0.463. The molecule has 2 rings (SSSR count). The zero-order valence-corrected chi connectivity index (χ0v) is 15.4. The highest BCUT2D eigenvalue weighted by atomic mass is 32.2. The third kappa shape index (κ3) is 3.85. The number of hydrogen-bond acceptors (Lipinski definition) is 5. The summed E-state index contributed by atoms with van der Waals surface area (Å²) in [5.41, 5.74) is 4.03. The lowest BCUT2D eigenvalue weighted by molar-refractivity contribution is 0.0314. The van der Waals surface area contributed by atoms with Gasteiger partial charge in [0, 0.05) is 11.8 Å². The number of nitrogens with zero attached hydrogens (tertiary/aromatic N) is 1. The zero-order chi connectivity index (χ0) is 17.9. The van der Waals surface area contributed by atoms with Crippen molar-refractivity contribution in [2.45, 2.75) is 38.8 Å². The maximum absolute atomic E-state index is 12.7. The second-order valence-corrected chi connectivity index (χ2v) is 6.52. The van der Waals surface area contributed by atoms with Crippen LogP contribution < -0.4 is 0 Å². The van der Waals surface area contributed by atoms with Crippen LogP contribution in [0.3, 0.4) is 0 Å². The van der Waals surface area contributed by atoms with Crippen LogP contribution >= 0.6 is 11.8 Å². The summed E-state index contributed by atoms with van der Waals surface area (Å²) in [5, 5.41) is 0.588. The zero-order valence-electron chi connectivity index (χ0n) is 14.5. The van der Waals surface area contributed by atoms with Crippen molar-refractivity contribution in [3.63, 3.8) is 0 Å². The van der Waals surface area contributed by atoms with E-state index in [4.69, 9.17) is 4.74 Å². The Bertz CT molecular complexity index is 786. The van der Waals surface area contributed by atoms with E-state index in [2.05, 4.69) is 4.98 Å². The maximum Gasteiger partial charge on any atom is 0.341 e. The molecule has 5 heteroatoms. The molecule has 0 fully saturated rings. The first-order valence-corrected chi connectivity index (χ1v) is 8.89. The molecular formula is C19H21NO3S. The van der Waals surface area contributed by atoms with Gasteiger partial charge in [-0.2, -0.15) is 0 Å². The van der Waals surface area contributed by atoms with Crippen molar-refractivity contribution in [3.05, 3.63) is 58.3 Å². The molecule has 4 nitrogen and oxygen atoms in total. The van der Waals surface area contributed by atoms with Crippen molar-refractivity contribution in [2.24, 2.45) is 0 Å². The summed E-state index contributed by atoms with van der Waals surface area (Å²) < 4.78 is 5.38. The molecule has 0 bridgehead atoms. The predicted molar refractivity (Wildman–Crippen MR) is 95.9 cm³/mol. The lowest BCUT2D eigenvalue weighted by atomic mass is 9.96. The van der Waals surface area contributed by atoms with Gasteiger partial charge in [0.2, 0.25) is 5.78 Å². The summed E-state index contributed by atoms with van der Waals surface area (Å²) in [7, 11) is 0. The number of carbonyl (C=O) groups is 2. The van der Waals surface area contributed by atoms with Gasteiger partial charge in [0.15, 0.2) is 6.10 Å². The summed E-state index contributed by atoms with van der Waals surface area (Å²) in [6.45, 7) is 7.46. The van der Waals surface area contributed by atoms with Gasteiger partial charge in [0.05, 0.1) is 5.56 Å². The number of carbonyl (C=O) groups excluding carboxylic acids is 2. The van der Waals surface area contributed by atoms with E-state index in [1.807, 2.05) is 39.2 Å². The molecule has 0 aliphatic rings. The number of ether oxygens (including phenoxy) is 1. The van der Waals surface area contributed by atoms with Crippen LogP contribution in [0.15, 0.2) is 35.5 Å². The highest BCUT2D eigenvalue weighted by Crippen LogP contribution is 2.21. The van der Waals surface area contributed by atoms with Gasteiger partial charge in [-0.3, -0.25) is 4.79 Å². The molecule has 1 heterocycles. The molecule has 0 saturated carbocycles. The van der Waals surface area contributed by atoms with Gasteiger partial charge in [-0.1, -0.05) is 6.07 Å². The van der Waals surface area contributed by atoms with Crippen LogP contribution in [-0.4, -0.2) is 29.1 Å². The molecule has 0 aliphatic carbocycles. The second kappa shape index (κ2) is 7.62. The average molecular weight is 343 g/mol. The normalized spacial score (nSPS) is 11.9. The second-order valence-electron chi connectivity index (χ2n) is 5.72. The molecular weight excluding hydrogens is 322 g/mol. The van der Waals surface area contributed by atoms with Crippen LogP contribution in [0, 0.1) is 20.8 Å². The number of Topliss-reactive ketones (excluding diaryl/α,β-unsaturated/α-hetero) is 1. The summed E-state index contributed by atoms with van der Waals surface area (Å²) >= 11 is 1.36. The predicted octanol–water partition coefficient (Wildman–Crippen LogP) is 4.16. The summed E-state index contributed by atoms with van der Waals surface area (Å²) in [5.74, 6) is -0.728. The molecule has 126 valence electrons. The van der Waals surface area contributed by atoms with E-state index in [0.717, 1.165) is 16.7 Å². The van der Waals surface area contributed by atoms with Gasteiger partial charge in [-0.05, 0) is 68.8 Å². The van der Waals surface area contributed by atoms with E-state index < -0.39 is 12.1 Å². The molecule has 1 aromatic carbocycles. The Morgan fingerprint density at radius 3 is 2.42 bits per heavy atom. The van der Waals surface area contributed by atoms with Crippen LogP contribution in [0.1, 0.15) is 44.3 Å². The Morgan fingerprint density at radius 2 is 1.75 bits per heavy atom. The molecule has 0 N–H and O–H groups in total. The minimum Gasteiger partial charge on any atom is -0.451 e. The minimum atomic E-state index is -0.854.